The highest BCUT2D eigenvalue weighted by Gasteiger charge is 2.27. The monoisotopic (exact) mass is 326 g/mol. The quantitative estimate of drug-likeness (QED) is 0.812. The van der Waals surface area contributed by atoms with Gasteiger partial charge in [-0.2, -0.15) is 13.2 Å². The molecular weight excluding hydrogens is 313 g/mol. The molecule has 0 aliphatic carbocycles. The van der Waals surface area contributed by atoms with Crippen LogP contribution in [0, 0.1) is 0 Å². The van der Waals surface area contributed by atoms with E-state index in [1.807, 2.05) is 24.3 Å². The van der Waals surface area contributed by atoms with Crippen LogP contribution in [0.4, 0.5) is 13.2 Å². The summed E-state index contributed by atoms with van der Waals surface area (Å²) in [5.74, 6) is 0. The zero-order valence-electron chi connectivity index (χ0n) is 9.58. The highest BCUT2D eigenvalue weighted by Crippen LogP contribution is 2.18. The SMILES string of the molecule is OC(CCOCC(F)(F)F)Cc1ccccc1Br. The fourth-order valence-corrected chi connectivity index (χ4v) is 1.87. The van der Waals surface area contributed by atoms with E-state index in [1.165, 1.54) is 0 Å². The van der Waals surface area contributed by atoms with E-state index in [0.717, 1.165) is 10.0 Å². The van der Waals surface area contributed by atoms with Crippen LogP contribution in [0.5, 0.6) is 0 Å². The number of rotatable bonds is 6. The van der Waals surface area contributed by atoms with E-state index in [9.17, 15) is 18.3 Å². The second-order valence-electron chi connectivity index (χ2n) is 3.91. The average Bonchev–Trinajstić information content (AvgIpc) is 2.26. The zero-order chi connectivity index (χ0) is 13.6. The molecular formula is C12H14BrF3O2. The Morgan fingerprint density at radius 2 is 1.94 bits per heavy atom. The van der Waals surface area contributed by atoms with Crippen LogP contribution >= 0.6 is 15.9 Å². The number of halogens is 4. The van der Waals surface area contributed by atoms with Crippen LogP contribution < -0.4 is 0 Å². The van der Waals surface area contributed by atoms with Gasteiger partial charge >= 0.3 is 6.18 Å². The molecule has 0 aliphatic heterocycles. The predicted molar refractivity (Wildman–Crippen MR) is 65.3 cm³/mol. The Morgan fingerprint density at radius 3 is 2.56 bits per heavy atom. The Kier molecular flexibility index (Phi) is 6.11. The van der Waals surface area contributed by atoms with Crippen LogP contribution in [-0.4, -0.2) is 30.6 Å². The van der Waals surface area contributed by atoms with Gasteiger partial charge in [-0.15, -0.1) is 0 Å². The van der Waals surface area contributed by atoms with Gasteiger partial charge in [0.15, 0.2) is 0 Å². The molecule has 0 radical (unpaired) electrons. The second-order valence-corrected chi connectivity index (χ2v) is 4.76. The minimum absolute atomic E-state index is 0.106. The molecule has 1 atom stereocenters. The van der Waals surface area contributed by atoms with Gasteiger partial charge in [-0.3, -0.25) is 0 Å². The van der Waals surface area contributed by atoms with Gasteiger partial charge in [-0.05, 0) is 24.5 Å². The first-order valence-corrected chi connectivity index (χ1v) is 6.24. The number of hydrogen-bond donors (Lipinski definition) is 1. The fourth-order valence-electron chi connectivity index (χ4n) is 1.43. The highest BCUT2D eigenvalue weighted by molar-refractivity contribution is 9.10. The summed E-state index contributed by atoms with van der Waals surface area (Å²) in [5.41, 5.74) is 0.917. The molecule has 102 valence electrons. The summed E-state index contributed by atoms with van der Waals surface area (Å²) in [6.07, 6.45) is -4.46. The Labute approximate surface area is 112 Å². The first kappa shape index (κ1) is 15.5. The van der Waals surface area contributed by atoms with Crippen molar-refractivity contribution in [3.05, 3.63) is 34.3 Å². The van der Waals surface area contributed by atoms with E-state index in [-0.39, 0.29) is 13.0 Å². The lowest BCUT2D eigenvalue weighted by Gasteiger charge is -2.13. The largest absolute Gasteiger partial charge is 0.411 e. The minimum atomic E-state index is -4.31. The molecule has 1 rings (SSSR count). The van der Waals surface area contributed by atoms with E-state index in [0.29, 0.717) is 6.42 Å². The van der Waals surface area contributed by atoms with Crippen molar-refractivity contribution in [2.75, 3.05) is 13.2 Å². The van der Waals surface area contributed by atoms with Gasteiger partial charge in [0.25, 0.3) is 0 Å². The number of alkyl halides is 3. The lowest BCUT2D eigenvalue weighted by Crippen LogP contribution is -2.20. The van der Waals surface area contributed by atoms with E-state index in [1.54, 1.807) is 0 Å². The first-order valence-electron chi connectivity index (χ1n) is 5.44. The molecule has 2 nitrogen and oxygen atoms in total. The zero-order valence-corrected chi connectivity index (χ0v) is 11.2. The van der Waals surface area contributed by atoms with E-state index in [2.05, 4.69) is 20.7 Å². The molecule has 0 spiro atoms. The van der Waals surface area contributed by atoms with Gasteiger partial charge < -0.3 is 9.84 Å². The maximum atomic E-state index is 11.8. The van der Waals surface area contributed by atoms with Crippen molar-refractivity contribution >= 4 is 15.9 Å². The molecule has 1 aromatic carbocycles. The van der Waals surface area contributed by atoms with Crippen LogP contribution in [0.25, 0.3) is 0 Å². The van der Waals surface area contributed by atoms with Crippen LogP contribution in [0.2, 0.25) is 0 Å². The van der Waals surface area contributed by atoms with Crippen molar-refractivity contribution in [1.29, 1.82) is 0 Å². The maximum Gasteiger partial charge on any atom is 0.411 e. The molecule has 0 saturated carbocycles. The molecule has 0 bridgehead atoms. The summed E-state index contributed by atoms with van der Waals surface area (Å²) in [6, 6.07) is 7.39. The topological polar surface area (TPSA) is 29.5 Å². The van der Waals surface area contributed by atoms with Gasteiger partial charge in [0, 0.05) is 11.1 Å². The van der Waals surface area contributed by atoms with E-state index in [4.69, 9.17) is 0 Å². The van der Waals surface area contributed by atoms with Crippen molar-refractivity contribution in [2.45, 2.75) is 25.1 Å². The summed E-state index contributed by atoms with van der Waals surface area (Å²) < 4.78 is 40.7. The van der Waals surface area contributed by atoms with E-state index < -0.39 is 18.9 Å². The Bertz CT molecular complexity index is 369. The number of aliphatic hydroxyl groups is 1. The van der Waals surface area contributed by atoms with Crippen LogP contribution in [0.3, 0.4) is 0 Å². The normalized spacial score (nSPS) is 13.6. The highest BCUT2D eigenvalue weighted by atomic mass is 79.9. The fraction of sp³-hybridized carbons (Fsp3) is 0.500. The van der Waals surface area contributed by atoms with Gasteiger partial charge in [0.2, 0.25) is 0 Å². The van der Waals surface area contributed by atoms with Crippen LogP contribution in [0.15, 0.2) is 28.7 Å². The van der Waals surface area contributed by atoms with E-state index >= 15 is 0 Å². The molecule has 1 unspecified atom stereocenters. The predicted octanol–water partition coefficient (Wildman–Crippen LogP) is 3.32. The van der Waals surface area contributed by atoms with Crippen molar-refractivity contribution in [3.63, 3.8) is 0 Å². The lowest BCUT2D eigenvalue weighted by molar-refractivity contribution is -0.175. The van der Waals surface area contributed by atoms with Gasteiger partial charge in [-0.1, -0.05) is 34.1 Å². The third-order valence-corrected chi connectivity index (χ3v) is 3.05. The molecule has 1 aromatic rings. The molecule has 0 amide bonds. The third-order valence-electron chi connectivity index (χ3n) is 2.27. The lowest BCUT2D eigenvalue weighted by atomic mass is 10.1. The number of benzene rings is 1. The summed E-state index contributed by atoms with van der Waals surface area (Å²) in [4.78, 5) is 0. The second kappa shape index (κ2) is 7.11. The molecule has 0 saturated heterocycles. The molecule has 0 heterocycles. The summed E-state index contributed by atoms with van der Waals surface area (Å²) in [7, 11) is 0. The van der Waals surface area contributed by atoms with Gasteiger partial charge in [0.05, 0.1) is 6.10 Å². The molecule has 1 N–H and O–H groups in total. The molecule has 0 fully saturated rings. The van der Waals surface area contributed by atoms with Crippen molar-refractivity contribution in [3.8, 4) is 0 Å². The first-order chi connectivity index (χ1) is 8.38. The van der Waals surface area contributed by atoms with Gasteiger partial charge in [-0.25, -0.2) is 0 Å². The summed E-state index contributed by atoms with van der Waals surface area (Å²) >= 11 is 3.34. The number of hydrogen-bond acceptors (Lipinski definition) is 2. The standard InChI is InChI=1S/C12H14BrF3O2/c13-11-4-2-1-3-9(11)7-10(17)5-6-18-8-12(14,15)16/h1-4,10,17H,5-8H2. The van der Waals surface area contributed by atoms with Crippen LogP contribution in [0.1, 0.15) is 12.0 Å². The summed E-state index contributed by atoms with van der Waals surface area (Å²) in [5, 5.41) is 9.67. The minimum Gasteiger partial charge on any atom is -0.393 e. The van der Waals surface area contributed by atoms with Crippen molar-refractivity contribution in [1.82, 2.24) is 0 Å². The Balaban J connectivity index is 2.26. The molecule has 0 aromatic heterocycles. The smallest absolute Gasteiger partial charge is 0.393 e. The van der Waals surface area contributed by atoms with Crippen LogP contribution in [-0.2, 0) is 11.2 Å². The molecule has 6 heteroatoms. The van der Waals surface area contributed by atoms with Crippen molar-refractivity contribution in [2.24, 2.45) is 0 Å². The molecule has 18 heavy (non-hydrogen) atoms. The van der Waals surface area contributed by atoms with Gasteiger partial charge in [0.1, 0.15) is 6.61 Å². The third kappa shape index (κ3) is 6.37. The average molecular weight is 327 g/mol. The maximum absolute atomic E-state index is 11.8. The Morgan fingerprint density at radius 1 is 1.28 bits per heavy atom. The molecule has 0 aliphatic rings. The Hall–Kier alpha value is -0.590. The van der Waals surface area contributed by atoms with Crippen molar-refractivity contribution < 1.29 is 23.0 Å². The number of ether oxygens (including phenoxy) is 1. The summed E-state index contributed by atoms with van der Waals surface area (Å²) in [6.45, 7) is -1.38. The number of aliphatic hydroxyl groups excluding tert-OH is 1.